The van der Waals surface area contributed by atoms with Crippen LogP contribution in [0.15, 0.2) is 18.3 Å². The number of aromatic nitrogens is 3. The van der Waals surface area contributed by atoms with Crippen LogP contribution in [0, 0.1) is 0 Å². The van der Waals surface area contributed by atoms with Crippen molar-refractivity contribution in [2.75, 3.05) is 5.49 Å². The van der Waals surface area contributed by atoms with E-state index in [4.69, 9.17) is 0 Å². The second-order valence-corrected chi connectivity index (χ2v) is 7.48. The van der Waals surface area contributed by atoms with Gasteiger partial charge >= 0.3 is 0 Å². The van der Waals surface area contributed by atoms with Gasteiger partial charge in [-0.3, -0.25) is 0 Å². The van der Waals surface area contributed by atoms with E-state index in [0.717, 1.165) is 48.1 Å². The number of nitrogens with zero attached hydrogens (tertiary/aromatic N) is 3. The molecular formula is C12H16N3O3PS-2. The van der Waals surface area contributed by atoms with Gasteiger partial charge in [0.15, 0.2) is 5.65 Å². The molecule has 0 aliphatic rings. The number of hydrogen-bond acceptors (Lipinski definition) is 6. The van der Waals surface area contributed by atoms with Crippen LogP contribution >= 0.6 is 19.4 Å². The maximum atomic E-state index is 10.7. The maximum absolute atomic E-state index is 10.7. The van der Waals surface area contributed by atoms with Gasteiger partial charge in [-0.15, -0.1) is 0 Å². The standard InChI is InChI=1S/C12H18N3O3PS/c1-2-3-4-10-7-11(8-20-9-19(16,17)18)15-12(14-10)5-6-13-15/h5-7H,2-4,8-9H2,1H3,(H2,16,17,18)/p-2. The molecule has 0 amide bonds. The Balaban J connectivity index is 2.17. The van der Waals surface area contributed by atoms with E-state index in [-0.39, 0.29) is 0 Å². The number of fused-ring (bicyclic) bond motifs is 1. The third-order valence-electron chi connectivity index (χ3n) is 2.77. The Morgan fingerprint density at radius 3 is 2.95 bits per heavy atom. The summed E-state index contributed by atoms with van der Waals surface area (Å²) in [5.74, 6) is 0.425. The zero-order valence-corrected chi connectivity index (χ0v) is 12.9. The highest BCUT2D eigenvalue weighted by Crippen LogP contribution is 2.30. The predicted octanol–water partition coefficient (Wildman–Crippen LogP) is 1.18. The van der Waals surface area contributed by atoms with E-state index in [2.05, 4.69) is 17.0 Å². The fraction of sp³-hybridized carbons (Fsp3) is 0.500. The smallest absolute Gasteiger partial charge is 0.155 e. The molecule has 0 bridgehead atoms. The van der Waals surface area contributed by atoms with E-state index < -0.39 is 13.1 Å². The highest BCUT2D eigenvalue weighted by molar-refractivity contribution is 8.03. The first-order valence-electron chi connectivity index (χ1n) is 6.41. The fourth-order valence-corrected chi connectivity index (χ4v) is 3.56. The van der Waals surface area contributed by atoms with E-state index >= 15 is 0 Å². The summed E-state index contributed by atoms with van der Waals surface area (Å²) in [6.45, 7) is 2.12. The van der Waals surface area contributed by atoms with Crippen molar-refractivity contribution in [3.05, 3.63) is 29.7 Å². The Kier molecular flexibility index (Phi) is 5.21. The molecule has 0 aromatic carbocycles. The molecule has 20 heavy (non-hydrogen) atoms. The first-order chi connectivity index (χ1) is 9.49. The molecule has 0 aliphatic heterocycles. The van der Waals surface area contributed by atoms with Crippen molar-refractivity contribution in [1.82, 2.24) is 14.6 Å². The van der Waals surface area contributed by atoms with Crippen LogP contribution in [0.3, 0.4) is 0 Å². The Labute approximate surface area is 121 Å². The van der Waals surface area contributed by atoms with Gasteiger partial charge in [-0.1, -0.05) is 20.9 Å². The molecule has 0 aliphatic carbocycles. The van der Waals surface area contributed by atoms with E-state index in [1.165, 1.54) is 0 Å². The molecule has 0 N–H and O–H groups in total. The predicted molar refractivity (Wildman–Crippen MR) is 75.4 cm³/mol. The summed E-state index contributed by atoms with van der Waals surface area (Å²) >= 11 is 1.09. The quantitative estimate of drug-likeness (QED) is 0.712. The van der Waals surface area contributed by atoms with Gasteiger partial charge in [0.1, 0.15) is 0 Å². The second-order valence-electron chi connectivity index (χ2n) is 4.53. The van der Waals surface area contributed by atoms with E-state index in [1.807, 2.05) is 12.1 Å². The Bertz CT molecular complexity index is 625. The van der Waals surface area contributed by atoms with Gasteiger partial charge in [0.25, 0.3) is 0 Å². The third-order valence-corrected chi connectivity index (χ3v) is 5.27. The highest BCUT2D eigenvalue weighted by atomic mass is 32.2. The van der Waals surface area contributed by atoms with Crippen molar-refractivity contribution < 1.29 is 14.4 Å². The lowest BCUT2D eigenvalue weighted by atomic mass is 10.2. The van der Waals surface area contributed by atoms with Crippen LogP contribution in [0.25, 0.3) is 5.65 Å². The van der Waals surface area contributed by atoms with E-state index in [1.54, 1.807) is 10.7 Å². The molecule has 0 saturated carbocycles. The van der Waals surface area contributed by atoms with Crippen LogP contribution < -0.4 is 9.79 Å². The van der Waals surface area contributed by atoms with Crippen LogP contribution in [-0.4, -0.2) is 20.1 Å². The Morgan fingerprint density at radius 2 is 2.25 bits per heavy atom. The summed E-state index contributed by atoms with van der Waals surface area (Å²) in [5.41, 5.74) is 2.19. The summed E-state index contributed by atoms with van der Waals surface area (Å²) in [6.07, 6.45) is 4.69. The lowest BCUT2D eigenvalue weighted by Crippen LogP contribution is -2.15. The number of thioether (sulfide) groups is 1. The summed E-state index contributed by atoms with van der Waals surface area (Å²) in [6, 6.07) is 3.75. The number of hydrogen-bond donors (Lipinski definition) is 0. The van der Waals surface area contributed by atoms with Gasteiger partial charge in [0.2, 0.25) is 0 Å². The van der Waals surface area contributed by atoms with Crippen LogP contribution in [0.5, 0.6) is 0 Å². The maximum Gasteiger partial charge on any atom is 0.155 e. The molecule has 2 aromatic heterocycles. The molecule has 110 valence electrons. The van der Waals surface area contributed by atoms with Gasteiger partial charge in [0, 0.05) is 23.0 Å². The van der Waals surface area contributed by atoms with Gasteiger partial charge in [0.05, 0.1) is 11.9 Å². The first-order valence-corrected chi connectivity index (χ1v) is 9.29. The molecule has 2 heterocycles. The molecule has 0 spiro atoms. The molecule has 0 unspecified atom stereocenters. The molecule has 6 nitrogen and oxygen atoms in total. The zero-order valence-electron chi connectivity index (χ0n) is 11.2. The lowest BCUT2D eigenvalue weighted by molar-refractivity contribution is -0.311. The SMILES string of the molecule is CCCCc1cc(CSCP(=O)([O-])[O-])n2nccc2n1. The average Bonchev–Trinajstić information content (AvgIpc) is 2.83. The zero-order chi connectivity index (χ0) is 14.6. The lowest BCUT2D eigenvalue weighted by Gasteiger charge is -2.28. The molecule has 0 atom stereocenters. The molecule has 0 radical (unpaired) electrons. The minimum Gasteiger partial charge on any atom is -0.810 e. The van der Waals surface area contributed by atoms with Crippen LogP contribution in [0.1, 0.15) is 31.2 Å². The Morgan fingerprint density at radius 1 is 1.45 bits per heavy atom. The molecule has 2 aromatic rings. The van der Waals surface area contributed by atoms with Crippen molar-refractivity contribution in [2.24, 2.45) is 0 Å². The fourth-order valence-electron chi connectivity index (χ4n) is 1.89. The van der Waals surface area contributed by atoms with Gasteiger partial charge in [-0.25, -0.2) is 9.50 Å². The summed E-state index contributed by atoms with van der Waals surface area (Å²) in [5, 5.41) is 4.17. The van der Waals surface area contributed by atoms with Crippen molar-refractivity contribution >= 4 is 25.0 Å². The molecule has 0 saturated heterocycles. The van der Waals surface area contributed by atoms with Gasteiger partial charge in [-0.2, -0.15) is 16.9 Å². The van der Waals surface area contributed by atoms with Crippen LogP contribution in [-0.2, 0) is 16.7 Å². The first kappa shape index (κ1) is 15.5. The second kappa shape index (κ2) is 6.72. The van der Waals surface area contributed by atoms with Crippen molar-refractivity contribution in [2.45, 2.75) is 31.9 Å². The number of unbranched alkanes of at least 4 members (excludes halogenated alkanes) is 1. The van der Waals surface area contributed by atoms with E-state index in [9.17, 15) is 14.4 Å². The summed E-state index contributed by atoms with van der Waals surface area (Å²) < 4.78 is 12.3. The van der Waals surface area contributed by atoms with Crippen molar-refractivity contribution in [3.8, 4) is 0 Å². The topological polar surface area (TPSA) is 93.4 Å². The van der Waals surface area contributed by atoms with Crippen molar-refractivity contribution in [1.29, 1.82) is 0 Å². The minimum absolute atomic E-state index is 0.400. The van der Waals surface area contributed by atoms with Crippen molar-refractivity contribution in [3.63, 3.8) is 0 Å². The average molecular weight is 313 g/mol. The largest absolute Gasteiger partial charge is 0.810 e. The number of rotatable bonds is 7. The van der Waals surface area contributed by atoms with Crippen LogP contribution in [0.4, 0.5) is 0 Å². The Hall–Kier alpha value is -0.880. The monoisotopic (exact) mass is 313 g/mol. The normalized spacial score (nSPS) is 12.2. The summed E-state index contributed by atoms with van der Waals surface area (Å²) in [7, 11) is -4.46. The molecule has 8 heteroatoms. The number of aryl methyl sites for hydroxylation is 1. The minimum atomic E-state index is -4.46. The summed E-state index contributed by atoms with van der Waals surface area (Å²) in [4.78, 5) is 25.8. The van der Waals surface area contributed by atoms with Crippen LogP contribution in [0.2, 0.25) is 0 Å². The van der Waals surface area contributed by atoms with E-state index in [0.29, 0.717) is 5.75 Å². The van der Waals surface area contributed by atoms with Gasteiger partial charge in [-0.05, 0) is 18.9 Å². The highest BCUT2D eigenvalue weighted by Gasteiger charge is 2.07. The molecule has 0 fully saturated rings. The molecule has 2 rings (SSSR count). The third kappa shape index (κ3) is 4.31. The van der Waals surface area contributed by atoms with Gasteiger partial charge < -0.3 is 14.4 Å². The molecular weight excluding hydrogens is 297 g/mol.